The molecule has 166 valence electrons. The normalized spacial score (nSPS) is 24.9. The third-order valence-corrected chi connectivity index (χ3v) is 7.19. The summed E-state index contributed by atoms with van der Waals surface area (Å²) in [6.07, 6.45) is 3.09. The molecule has 5 heterocycles. The van der Waals surface area contributed by atoms with Gasteiger partial charge in [-0.2, -0.15) is 0 Å². The van der Waals surface area contributed by atoms with Crippen molar-refractivity contribution in [3.63, 3.8) is 0 Å². The van der Waals surface area contributed by atoms with E-state index >= 15 is 4.39 Å². The summed E-state index contributed by atoms with van der Waals surface area (Å²) in [6, 6.07) is 0.183. The lowest BCUT2D eigenvalue weighted by molar-refractivity contribution is 0.00723. The minimum atomic E-state index is -0.534. The van der Waals surface area contributed by atoms with E-state index in [4.69, 9.17) is 21.3 Å². The van der Waals surface area contributed by atoms with Gasteiger partial charge >= 0.3 is 6.09 Å². The lowest BCUT2D eigenvalue weighted by Gasteiger charge is -2.47. The van der Waals surface area contributed by atoms with Crippen molar-refractivity contribution in [3.8, 4) is 0 Å². The van der Waals surface area contributed by atoms with E-state index in [1.54, 1.807) is 0 Å². The third kappa shape index (κ3) is 3.15. The van der Waals surface area contributed by atoms with Crippen molar-refractivity contribution in [3.05, 3.63) is 27.9 Å². The maximum Gasteiger partial charge on any atom is 0.410 e. The molecule has 0 unspecified atom stereocenters. The number of anilines is 1. The molecule has 5 rings (SSSR count). The first-order valence-corrected chi connectivity index (χ1v) is 11.4. The molecular formula is C23H28ClFN4O2. The topological polar surface area (TPSA) is 58.6 Å². The summed E-state index contributed by atoms with van der Waals surface area (Å²) < 4.78 is 20.8. The molecule has 0 aliphatic carbocycles. The fourth-order valence-corrected chi connectivity index (χ4v) is 5.75. The van der Waals surface area contributed by atoms with Gasteiger partial charge in [0, 0.05) is 23.0 Å². The summed E-state index contributed by atoms with van der Waals surface area (Å²) in [5.41, 5.74) is 1.85. The van der Waals surface area contributed by atoms with E-state index < -0.39 is 11.4 Å². The van der Waals surface area contributed by atoms with Crippen LogP contribution in [0.2, 0.25) is 5.15 Å². The van der Waals surface area contributed by atoms with Crippen molar-refractivity contribution < 1.29 is 13.9 Å². The second-order valence-electron chi connectivity index (χ2n) is 10.0. The van der Waals surface area contributed by atoms with Gasteiger partial charge in [-0.25, -0.2) is 19.2 Å². The number of hydrogen-bond donors (Lipinski definition) is 0. The van der Waals surface area contributed by atoms with Gasteiger partial charge in [0.15, 0.2) is 11.0 Å². The highest BCUT2D eigenvalue weighted by Gasteiger charge is 2.51. The Morgan fingerprint density at radius 2 is 1.87 bits per heavy atom. The Labute approximate surface area is 186 Å². The van der Waals surface area contributed by atoms with Gasteiger partial charge in [0.2, 0.25) is 0 Å². The molecule has 0 spiro atoms. The van der Waals surface area contributed by atoms with Crippen LogP contribution in [0.15, 0.2) is 0 Å². The van der Waals surface area contributed by atoms with Crippen molar-refractivity contribution in [2.24, 2.45) is 0 Å². The summed E-state index contributed by atoms with van der Waals surface area (Å²) in [5.74, 6) is 0.304. The molecule has 6 nitrogen and oxygen atoms in total. The van der Waals surface area contributed by atoms with Crippen molar-refractivity contribution in [2.45, 2.75) is 84.0 Å². The average Bonchev–Trinajstić information content (AvgIpc) is 2.92. The highest BCUT2D eigenvalue weighted by molar-refractivity contribution is 6.30. The zero-order valence-electron chi connectivity index (χ0n) is 18.6. The lowest BCUT2D eigenvalue weighted by Crippen LogP contribution is -2.62. The van der Waals surface area contributed by atoms with E-state index in [0.29, 0.717) is 18.4 Å². The molecule has 0 N–H and O–H groups in total. The number of carbonyl (C=O) groups is 1. The second-order valence-corrected chi connectivity index (χ2v) is 10.4. The zero-order valence-corrected chi connectivity index (χ0v) is 19.4. The molecule has 2 fully saturated rings. The molecule has 2 bridgehead atoms. The first-order chi connectivity index (χ1) is 14.6. The van der Waals surface area contributed by atoms with E-state index in [2.05, 4.69) is 9.88 Å². The predicted octanol–water partition coefficient (Wildman–Crippen LogP) is 4.94. The molecule has 0 aromatic carbocycles. The molecule has 1 amide bonds. The zero-order chi connectivity index (χ0) is 22.2. The Balaban J connectivity index is 1.62. The first-order valence-electron chi connectivity index (χ1n) is 11.0. The summed E-state index contributed by atoms with van der Waals surface area (Å²) in [6.45, 7) is 10.1. The van der Waals surface area contributed by atoms with E-state index in [-0.39, 0.29) is 29.4 Å². The number of ether oxygens (including phenoxy) is 1. The minimum absolute atomic E-state index is 0.0432. The number of nitrogens with zero attached hydrogens (tertiary/aromatic N) is 4. The van der Waals surface area contributed by atoms with Gasteiger partial charge in [0.25, 0.3) is 0 Å². The van der Waals surface area contributed by atoms with Gasteiger partial charge in [0.05, 0.1) is 23.8 Å². The van der Waals surface area contributed by atoms with Gasteiger partial charge in [0.1, 0.15) is 11.4 Å². The second kappa shape index (κ2) is 6.92. The van der Waals surface area contributed by atoms with Crippen LogP contribution in [0.1, 0.15) is 57.0 Å². The fourth-order valence-electron chi connectivity index (χ4n) is 5.56. The van der Waals surface area contributed by atoms with Crippen molar-refractivity contribution in [1.29, 1.82) is 0 Å². The van der Waals surface area contributed by atoms with E-state index in [1.165, 1.54) is 0 Å². The molecule has 2 aromatic rings. The Morgan fingerprint density at radius 1 is 1.13 bits per heavy atom. The Hall–Kier alpha value is -2.15. The van der Waals surface area contributed by atoms with E-state index in [1.807, 2.05) is 39.5 Å². The Kier molecular flexibility index (Phi) is 4.63. The number of aryl methyl sites for hydroxylation is 3. The van der Waals surface area contributed by atoms with Crippen LogP contribution in [0, 0.1) is 19.7 Å². The van der Waals surface area contributed by atoms with Gasteiger partial charge in [-0.05, 0) is 65.9 Å². The van der Waals surface area contributed by atoms with Crippen LogP contribution in [0.5, 0.6) is 0 Å². The van der Waals surface area contributed by atoms with Crippen LogP contribution in [0.4, 0.5) is 15.0 Å². The fraction of sp³-hybridized carbons (Fsp3) is 0.609. The van der Waals surface area contributed by atoms with Gasteiger partial charge in [-0.1, -0.05) is 11.6 Å². The average molecular weight is 447 g/mol. The SMILES string of the molecule is Cc1nc2c3c(nc(Cl)c(F)c3c1C)CC[C@@H]1[C@@H]3CC[C@H](CN21)N3C(=O)OC(C)(C)C. The van der Waals surface area contributed by atoms with Crippen molar-refractivity contribution in [1.82, 2.24) is 14.9 Å². The number of hydrogen-bond acceptors (Lipinski definition) is 5. The number of piperazine rings is 1. The van der Waals surface area contributed by atoms with Gasteiger partial charge in [-0.3, -0.25) is 4.90 Å². The molecule has 2 saturated heterocycles. The maximum absolute atomic E-state index is 15.1. The predicted molar refractivity (Wildman–Crippen MR) is 118 cm³/mol. The first kappa shape index (κ1) is 20.7. The maximum atomic E-state index is 15.1. The largest absolute Gasteiger partial charge is 0.444 e. The molecule has 31 heavy (non-hydrogen) atoms. The van der Waals surface area contributed by atoms with Crippen LogP contribution in [0.3, 0.4) is 0 Å². The molecule has 0 radical (unpaired) electrons. The number of rotatable bonds is 0. The number of carbonyl (C=O) groups excluding carboxylic acids is 1. The molecule has 3 atom stereocenters. The molecule has 0 saturated carbocycles. The molecule has 2 aromatic heterocycles. The van der Waals surface area contributed by atoms with E-state index in [0.717, 1.165) is 47.4 Å². The van der Waals surface area contributed by atoms with Crippen LogP contribution < -0.4 is 4.90 Å². The number of pyridine rings is 2. The van der Waals surface area contributed by atoms with Crippen molar-refractivity contribution in [2.75, 3.05) is 11.4 Å². The quantitative estimate of drug-likeness (QED) is 0.536. The monoisotopic (exact) mass is 446 g/mol. The van der Waals surface area contributed by atoms with E-state index in [9.17, 15) is 4.79 Å². The summed E-state index contributed by atoms with van der Waals surface area (Å²) in [7, 11) is 0. The Morgan fingerprint density at radius 3 is 2.58 bits per heavy atom. The van der Waals surface area contributed by atoms with Crippen molar-refractivity contribution >= 4 is 34.3 Å². The minimum Gasteiger partial charge on any atom is -0.444 e. The number of aromatic nitrogens is 2. The lowest BCUT2D eigenvalue weighted by atomic mass is 9.98. The summed E-state index contributed by atoms with van der Waals surface area (Å²) >= 11 is 6.18. The molecular weight excluding hydrogens is 419 g/mol. The van der Waals surface area contributed by atoms with Crippen LogP contribution >= 0.6 is 11.6 Å². The summed E-state index contributed by atoms with van der Waals surface area (Å²) in [5, 5.41) is 1.22. The highest BCUT2D eigenvalue weighted by atomic mass is 35.5. The standard InChI is InChI=1S/C23H28ClFN4O2/c1-11-12(2)26-21-18-14(27-20(24)19(25)17(11)18)7-9-15-16-8-6-13(10-28(15)21)29(16)22(30)31-23(3,4)5/h13,15-16H,6-10H2,1-5H3/t13-,15-,16+/m1/s1. The van der Waals surface area contributed by atoms with Gasteiger partial charge < -0.3 is 9.64 Å². The highest BCUT2D eigenvalue weighted by Crippen LogP contribution is 2.44. The molecule has 8 heteroatoms. The molecule has 3 aliphatic heterocycles. The number of fused-ring (bicyclic) bond motifs is 5. The third-order valence-electron chi connectivity index (χ3n) is 6.94. The van der Waals surface area contributed by atoms with Gasteiger partial charge in [-0.15, -0.1) is 0 Å². The Bertz CT molecular complexity index is 1090. The van der Waals surface area contributed by atoms with Crippen LogP contribution in [-0.4, -0.2) is 51.2 Å². The number of amides is 1. The summed E-state index contributed by atoms with van der Waals surface area (Å²) in [4.78, 5) is 26.6. The smallest absolute Gasteiger partial charge is 0.410 e. The number of halogens is 2. The molecule has 3 aliphatic rings. The van der Waals surface area contributed by atoms with Crippen LogP contribution in [-0.2, 0) is 11.2 Å². The van der Waals surface area contributed by atoms with Crippen LogP contribution in [0.25, 0.3) is 10.8 Å².